The molecule has 0 radical (unpaired) electrons. The van der Waals surface area contributed by atoms with Gasteiger partial charge in [0.15, 0.2) is 5.84 Å². The Morgan fingerprint density at radius 3 is 2.59 bits per heavy atom. The molecule has 2 aromatic rings. The van der Waals surface area contributed by atoms with E-state index in [9.17, 15) is 19.6 Å². The number of rotatable bonds is 5. The number of aromatic nitrogens is 1. The Kier molecular flexibility index (Phi) is 7.08. The number of likely N-dealkylation sites (N-methyl/N-ethyl adjacent to an activating group) is 1. The van der Waals surface area contributed by atoms with Crippen molar-refractivity contribution in [2.75, 3.05) is 46.4 Å². The molecule has 12 nitrogen and oxygen atoms in total. The molecule has 1 aromatic heterocycles. The molecule has 5 rings (SSSR count). The van der Waals surface area contributed by atoms with Crippen molar-refractivity contribution in [3.8, 4) is 17.6 Å². The first kappa shape index (κ1) is 26.0. The highest BCUT2D eigenvalue weighted by Gasteiger charge is 2.48. The third-order valence-corrected chi connectivity index (χ3v) is 7.19. The lowest BCUT2D eigenvalue weighted by molar-refractivity contribution is -0.122. The number of amides is 4. The average molecular weight is 532 g/mol. The molecule has 2 fully saturated rings. The molecule has 2 saturated heterocycles. The SMILES string of the molecule is CCN1CCN(/C(=N\O)c2ccc(C#C[C@]3(CN4Cc5ccc(OC)cc5C4=O)NC(=O)NC3=O)cn2)CC1. The number of urea groups is 1. The van der Waals surface area contributed by atoms with Gasteiger partial charge in [-0.2, -0.15) is 0 Å². The molecule has 1 atom stereocenters. The van der Waals surface area contributed by atoms with E-state index in [0.29, 0.717) is 28.4 Å². The Morgan fingerprint density at radius 2 is 1.97 bits per heavy atom. The zero-order valence-electron chi connectivity index (χ0n) is 21.7. The first-order valence-electron chi connectivity index (χ1n) is 12.6. The second-order valence-corrected chi connectivity index (χ2v) is 9.52. The number of piperazine rings is 1. The van der Waals surface area contributed by atoms with E-state index >= 15 is 0 Å². The molecule has 0 unspecified atom stereocenters. The summed E-state index contributed by atoms with van der Waals surface area (Å²) in [6.45, 7) is 6.40. The Balaban J connectivity index is 1.34. The number of hydrogen-bond acceptors (Lipinski definition) is 8. The van der Waals surface area contributed by atoms with E-state index in [1.165, 1.54) is 18.2 Å². The van der Waals surface area contributed by atoms with E-state index in [2.05, 4.69) is 44.4 Å². The van der Waals surface area contributed by atoms with Gasteiger partial charge in [-0.05, 0) is 36.4 Å². The number of methoxy groups -OCH3 is 1. The maximum Gasteiger partial charge on any atom is 0.323 e. The number of amidine groups is 1. The molecule has 3 N–H and O–H groups in total. The number of benzene rings is 1. The Bertz CT molecular complexity index is 1390. The molecular formula is C27H29N7O5. The number of oxime groups is 1. The smallest absolute Gasteiger partial charge is 0.323 e. The molecule has 39 heavy (non-hydrogen) atoms. The number of carbonyl (C=O) groups excluding carboxylic acids is 3. The number of carbonyl (C=O) groups is 3. The molecule has 1 aromatic carbocycles. The summed E-state index contributed by atoms with van der Waals surface area (Å²) in [7, 11) is 1.52. The van der Waals surface area contributed by atoms with Crippen LogP contribution in [0.15, 0.2) is 41.7 Å². The van der Waals surface area contributed by atoms with Gasteiger partial charge in [0.05, 0.1) is 13.7 Å². The van der Waals surface area contributed by atoms with Gasteiger partial charge in [-0.15, -0.1) is 0 Å². The number of ether oxygens (including phenoxy) is 1. The van der Waals surface area contributed by atoms with Crippen molar-refractivity contribution in [1.82, 2.24) is 30.3 Å². The number of nitrogens with zero attached hydrogens (tertiary/aromatic N) is 5. The molecule has 0 aliphatic carbocycles. The van der Waals surface area contributed by atoms with Crippen molar-refractivity contribution in [2.45, 2.75) is 19.0 Å². The maximum absolute atomic E-state index is 13.1. The lowest BCUT2D eigenvalue weighted by Crippen LogP contribution is -2.54. The van der Waals surface area contributed by atoms with E-state index in [1.54, 1.807) is 30.3 Å². The normalized spacial score (nSPS) is 21.3. The summed E-state index contributed by atoms with van der Waals surface area (Å²) in [5, 5.41) is 18.0. The van der Waals surface area contributed by atoms with Crippen molar-refractivity contribution >= 4 is 23.7 Å². The standard InChI is InChI=1S/C27H29N7O5/c1-3-32-10-12-33(13-11-32)23(31-38)22-7-4-18(15-28-22)8-9-27(25(36)29-26(37)30-27)17-34-16-19-5-6-20(39-2)14-21(19)24(34)35/h4-7,14-15,38H,3,10-13,16-17H2,1-2H3,(H2,29,30,36,37)/b31-23-/t27-/m1/s1. The summed E-state index contributed by atoms with van der Waals surface area (Å²) < 4.78 is 5.22. The zero-order valence-corrected chi connectivity index (χ0v) is 21.7. The van der Waals surface area contributed by atoms with E-state index in [4.69, 9.17) is 4.74 Å². The van der Waals surface area contributed by atoms with Gasteiger partial charge >= 0.3 is 6.03 Å². The second kappa shape index (κ2) is 10.6. The van der Waals surface area contributed by atoms with Gasteiger partial charge in [0, 0.05) is 50.0 Å². The van der Waals surface area contributed by atoms with Crippen LogP contribution in [0.4, 0.5) is 4.79 Å². The average Bonchev–Trinajstić information content (AvgIpc) is 3.42. The topological polar surface area (TPSA) is 140 Å². The highest BCUT2D eigenvalue weighted by molar-refractivity contribution is 6.10. The van der Waals surface area contributed by atoms with Gasteiger partial charge in [0.25, 0.3) is 11.8 Å². The summed E-state index contributed by atoms with van der Waals surface area (Å²) >= 11 is 0. The lowest BCUT2D eigenvalue weighted by atomic mass is 9.99. The first-order valence-corrected chi connectivity index (χ1v) is 12.6. The number of nitrogens with one attached hydrogen (secondary N) is 2. The number of pyridine rings is 1. The largest absolute Gasteiger partial charge is 0.497 e. The molecule has 12 heteroatoms. The molecule has 0 spiro atoms. The van der Waals surface area contributed by atoms with E-state index < -0.39 is 17.5 Å². The van der Waals surface area contributed by atoms with Crippen LogP contribution in [-0.2, 0) is 11.3 Å². The Labute approximate surface area is 225 Å². The monoisotopic (exact) mass is 531 g/mol. The number of hydrogen-bond donors (Lipinski definition) is 3. The quantitative estimate of drug-likeness (QED) is 0.126. The highest BCUT2D eigenvalue weighted by Crippen LogP contribution is 2.28. The van der Waals surface area contributed by atoms with Crippen molar-refractivity contribution in [3.05, 3.63) is 58.9 Å². The van der Waals surface area contributed by atoms with Crippen molar-refractivity contribution in [1.29, 1.82) is 0 Å². The molecule has 4 heterocycles. The summed E-state index contributed by atoms with van der Waals surface area (Å²) in [4.78, 5) is 48.2. The Hall–Kier alpha value is -4.63. The van der Waals surface area contributed by atoms with Gasteiger partial charge < -0.3 is 30.0 Å². The third-order valence-electron chi connectivity index (χ3n) is 7.19. The van der Waals surface area contributed by atoms with Crippen molar-refractivity contribution in [2.24, 2.45) is 5.16 Å². The van der Waals surface area contributed by atoms with E-state index in [0.717, 1.165) is 38.3 Å². The summed E-state index contributed by atoms with van der Waals surface area (Å²) in [6.07, 6.45) is 1.52. The summed E-state index contributed by atoms with van der Waals surface area (Å²) in [5.74, 6) is 5.82. The molecule has 0 bridgehead atoms. The molecule has 3 aliphatic heterocycles. The minimum atomic E-state index is -1.63. The zero-order chi connectivity index (χ0) is 27.6. The van der Waals surface area contributed by atoms with Crippen LogP contribution in [0.2, 0.25) is 0 Å². The van der Waals surface area contributed by atoms with Crippen molar-refractivity contribution < 1.29 is 24.3 Å². The van der Waals surface area contributed by atoms with Gasteiger partial charge in [-0.1, -0.05) is 30.0 Å². The van der Waals surface area contributed by atoms with Crippen LogP contribution >= 0.6 is 0 Å². The van der Waals surface area contributed by atoms with Gasteiger partial charge in [-0.3, -0.25) is 19.9 Å². The number of imide groups is 1. The first-order chi connectivity index (χ1) is 18.9. The third kappa shape index (κ3) is 5.08. The van der Waals surface area contributed by atoms with E-state index in [1.807, 2.05) is 4.90 Å². The van der Waals surface area contributed by atoms with Crippen LogP contribution < -0.4 is 15.4 Å². The second-order valence-electron chi connectivity index (χ2n) is 9.52. The fourth-order valence-corrected chi connectivity index (χ4v) is 4.94. The molecular weight excluding hydrogens is 502 g/mol. The fraction of sp³-hybridized carbons (Fsp3) is 0.370. The van der Waals surface area contributed by atoms with Crippen LogP contribution in [0.3, 0.4) is 0 Å². The van der Waals surface area contributed by atoms with Crippen LogP contribution in [-0.4, -0.2) is 100 Å². The van der Waals surface area contributed by atoms with Gasteiger partial charge in [0.2, 0.25) is 5.54 Å². The Morgan fingerprint density at radius 1 is 1.18 bits per heavy atom. The van der Waals surface area contributed by atoms with Crippen LogP contribution in [0.1, 0.15) is 34.1 Å². The van der Waals surface area contributed by atoms with Crippen LogP contribution in [0.5, 0.6) is 5.75 Å². The molecule has 4 amide bonds. The van der Waals surface area contributed by atoms with Gasteiger partial charge in [0.1, 0.15) is 11.4 Å². The summed E-state index contributed by atoms with van der Waals surface area (Å²) in [5.41, 5.74) is 0.630. The predicted molar refractivity (Wildman–Crippen MR) is 140 cm³/mol. The highest BCUT2D eigenvalue weighted by atomic mass is 16.5. The maximum atomic E-state index is 13.1. The van der Waals surface area contributed by atoms with Gasteiger partial charge in [-0.25, -0.2) is 4.79 Å². The van der Waals surface area contributed by atoms with Crippen molar-refractivity contribution in [3.63, 3.8) is 0 Å². The minimum absolute atomic E-state index is 0.135. The lowest BCUT2D eigenvalue weighted by Gasteiger charge is -2.35. The minimum Gasteiger partial charge on any atom is -0.497 e. The van der Waals surface area contributed by atoms with E-state index in [-0.39, 0.29) is 19.0 Å². The fourth-order valence-electron chi connectivity index (χ4n) is 4.94. The van der Waals surface area contributed by atoms with Crippen LogP contribution in [0, 0.1) is 11.8 Å². The summed E-state index contributed by atoms with van der Waals surface area (Å²) in [6, 6.07) is 7.95. The molecule has 202 valence electrons. The number of fused-ring (bicyclic) bond motifs is 1. The molecule has 3 aliphatic rings. The van der Waals surface area contributed by atoms with Crippen LogP contribution in [0.25, 0.3) is 0 Å². The molecule has 0 saturated carbocycles. The predicted octanol–water partition coefficient (Wildman–Crippen LogP) is 0.449.